The molecule has 2 aromatic carbocycles. The van der Waals surface area contributed by atoms with Gasteiger partial charge in [-0.3, -0.25) is 0 Å². The molecule has 0 aliphatic carbocycles. The zero-order chi connectivity index (χ0) is 22.0. The van der Waals surface area contributed by atoms with Crippen LogP contribution in [0.5, 0.6) is 0 Å². The lowest BCUT2D eigenvalue weighted by Gasteiger charge is -2.40. The van der Waals surface area contributed by atoms with Crippen molar-refractivity contribution in [1.29, 1.82) is 0 Å². The zero-order valence-electron chi connectivity index (χ0n) is 19.5. The molecule has 2 aliphatic heterocycles. The molecule has 1 fully saturated rings. The van der Waals surface area contributed by atoms with E-state index in [0.717, 1.165) is 0 Å². The topological polar surface area (TPSA) is 35.5 Å². The maximum atomic E-state index is 12.4. The smallest absolute Gasteiger partial charge is 0.337 e. The van der Waals surface area contributed by atoms with Crippen molar-refractivity contribution in [2.45, 2.75) is 69.9 Å². The molecule has 30 heavy (non-hydrogen) atoms. The molecule has 0 N–H and O–H groups in total. The number of carbonyl (C=O) groups is 1. The first-order chi connectivity index (χ1) is 13.9. The van der Waals surface area contributed by atoms with Crippen molar-refractivity contribution in [2.75, 3.05) is 7.11 Å². The second-order valence-electron chi connectivity index (χ2n) is 11.0. The summed E-state index contributed by atoms with van der Waals surface area (Å²) in [4.78, 5) is 12.4. The van der Waals surface area contributed by atoms with Crippen molar-refractivity contribution in [3.63, 3.8) is 0 Å². The molecular weight excluding hydrogens is 404 g/mol. The SMILES string of the molecule is COC(=O)c1cc(C)c(C2C3OC(c4ccccc43)C2[Si](C)(C)C)c([Si](C)(C)C)c1. The van der Waals surface area contributed by atoms with Crippen LogP contribution in [0.1, 0.15) is 50.7 Å². The highest BCUT2D eigenvalue weighted by molar-refractivity contribution is 6.89. The van der Waals surface area contributed by atoms with Crippen LogP contribution in [0.4, 0.5) is 0 Å². The van der Waals surface area contributed by atoms with Crippen molar-refractivity contribution in [3.05, 3.63) is 64.2 Å². The predicted octanol–water partition coefficient (Wildman–Crippen LogP) is 5.95. The Bertz CT molecular complexity index is 1000. The third-order valence-electron chi connectivity index (χ3n) is 6.89. The third-order valence-corrected chi connectivity index (χ3v) is 11.6. The lowest BCUT2D eigenvalue weighted by Crippen LogP contribution is -2.45. The van der Waals surface area contributed by atoms with E-state index in [1.54, 1.807) is 0 Å². The Labute approximate surface area is 182 Å². The van der Waals surface area contributed by atoms with Gasteiger partial charge in [-0.15, -0.1) is 0 Å². The Morgan fingerprint density at radius 3 is 2.10 bits per heavy atom. The zero-order valence-corrected chi connectivity index (χ0v) is 21.5. The number of esters is 1. The number of hydrogen-bond acceptors (Lipinski definition) is 3. The average molecular weight is 439 g/mol. The summed E-state index contributed by atoms with van der Waals surface area (Å²) in [5.74, 6) is 0.102. The van der Waals surface area contributed by atoms with E-state index in [0.29, 0.717) is 17.0 Å². The van der Waals surface area contributed by atoms with Gasteiger partial charge in [-0.25, -0.2) is 4.79 Å². The van der Waals surface area contributed by atoms with Crippen molar-refractivity contribution < 1.29 is 14.3 Å². The molecule has 3 nitrogen and oxygen atoms in total. The summed E-state index contributed by atoms with van der Waals surface area (Å²) >= 11 is 0. The molecule has 2 bridgehead atoms. The molecule has 0 radical (unpaired) electrons. The van der Waals surface area contributed by atoms with Crippen molar-refractivity contribution >= 4 is 27.3 Å². The molecule has 4 unspecified atom stereocenters. The fourth-order valence-electron chi connectivity index (χ4n) is 5.69. The van der Waals surface area contributed by atoms with Gasteiger partial charge in [0.15, 0.2) is 0 Å². The summed E-state index contributed by atoms with van der Waals surface area (Å²) < 4.78 is 11.8. The standard InChI is InChI=1S/C25H34O3Si2/c1-15-13-16(25(26)27-2)14-19(29(3,4)5)20(15)21-22-17-11-9-10-12-18(17)23(28-22)24(21)30(6,7)8/h9-14,21-24H,1-8H3. The summed E-state index contributed by atoms with van der Waals surface area (Å²) in [6.07, 6.45) is 0.303. The number of fused-ring (bicyclic) bond motifs is 5. The first-order valence-electron chi connectivity index (χ1n) is 10.9. The molecule has 4 rings (SSSR count). The van der Waals surface area contributed by atoms with E-state index in [2.05, 4.69) is 76.5 Å². The minimum Gasteiger partial charge on any atom is -0.465 e. The number of hydrogen-bond donors (Lipinski definition) is 0. The molecule has 2 aliphatic rings. The molecule has 2 heterocycles. The fourth-order valence-corrected chi connectivity index (χ4v) is 10.0. The van der Waals surface area contributed by atoms with Crippen LogP contribution in [-0.4, -0.2) is 29.2 Å². The number of aryl methyl sites for hydroxylation is 1. The molecule has 0 aromatic heterocycles. The Balaban J connectivity index is 1.96. The first-order valence-corrected chi connectivity index (χ1v) is 18.0. The van der Waals surface area contributed by atoms with E-state index in [9.17, 15) is 4.79 Å². The molecule has 4 atom stereocenters. The van der Waals surface area contributed by atoms with E-state index < -0.39 is 16.1 Å². The normalized spacial score (nSPS) is 25.3. The van der Waals surface area contributed by atoms with Gasteiger partial charge in [0.1, 0.15) is 0 Å². The molecule has 160 valence electrons. The number of carbonyl (C=O) groups excluding carboxylic acids is 1. The summed E-state index contributed by atoms with van der Waals surface area (Å²) in [5.41, 5.74) is 6.60. The van der Waals surface area contributed by atoms with E-state index in [4.69, 9.17) is 9.47 Å². The largest absolute Gasteiger partial charge is 0.465 e. The highest BCUT2D eigenvalue weighted by Crippen LogP contribution is 2.66. The molecule has 0 spiro atoms. The van der Waals surface area contributed by atoms with Crippen LogP contribution >= 0.6 is 0 Å². The van der Waals surface area contributed by atoms with Crippen LogP contribution in [0.25, 0.3) is 0 Å². The number of ether oxygens (including phenoxy) is 2. The van der Waals surface area contributed by atoms with Gasteiger partial charge in [0.05, 0.1) is 41.0 Å². The lowest BCUT2D eigenvalue weighted by atomic mass is 9.78. The van der Waals surface area contributed by atoms with E-state index in [1.807, 2.05) is 6.07 Å². The van der Waals surface area contributed by atoms with Crippen LogP contribution in [-0.2, 0) is 9.47 Å². The minimum atomic E-state index is -1.72. The number of benzene rings is 2. The van der Waals surface area contributed by atoms with E-state index >= 15 is 0 Å². The number of methoxy groups -OCH3 is 1. The second kappa shape index (κ2) is 7.18. The summed E-state index contributed by atoms with van der Waals surface area (Å²) in [7, 11) is -1.80. The van der Waals surface area contributed by atoms with Gasteiger partial charge in [-0.05, 0) is 46.9 Å². The van der Waals surface area contributed by atoms with Crippen LogP contribution in [0, 0.1) is 6.92 Å². The van der Waals surface area contributed by atoms with Gasteiger partial charge in [0, 0.05) is 5.92 Å². The molecular formula is C25H34O3Si2. The van der Waals surface area contributed by atoms with Gasteiger partial charge in [-0.1, -0.05) is 68.7 Å². The van der Waals surface area contributed by atoms with Crippen molar-refractivity contribution in [3.8, 4) is 0 Å². The van der Waals surface area contributed by atoms with Gasteiger partial charge in [0.25, 0.3) is 0 Å². The Morgan fingerprint density at radius 1 is 0.967 bits per heavy atom. The predicted molar refractivity (Wildman–Crippen MR) is 128 cm³/mol. The molecule has 2 aromatic rings. The highest BCUT2D eigenvalue weighted by Gasteiger charge is 2.57. The van der Waals surface area contributed by atoms with Gasteiger partial charge < -0.3 is 9.47 Å². The molecule has 1 saturated heterocycles. The van der Waals surface area contributed by atoms with Gasteiger partial charge >= 0.3 is 5.97 Å². The Kier molecular flexibility index (Phi) is 5.15. The lowest BCUT2D eigenvalue weighted by molar-refractivity contribution is 0.0600. The van der Waals surface area contributed by atoms with E-state index in [-0.39, 0.29) is 18.2 Å². The van der Waals surface area contributed by atoms with Gasteiger partial charge in [0.2, 0.25) is 0 Å². The summed E-state index contributed by atoms with van der Waals surface area (Å²) in [6, 6.07) is 12.9. The monoisotopic (exact) mass is 438 g/mol. The Morgan fingerprint density at radius 2 is 1.57 bits per heavy atom. The molecule has 5 heteroatoms. The number of rotatable bonds is 4. The van der Waals surface area contributed by atoms with Crippen molar-refractivity contribution in [1.82, 2.24) is 0 Å². The molecule has 0 saturated carbocycles. The average Bonchev–Trinajstić information content (AvgIpc) is 3.22. The van der Waals surface area contributed by atoms with Crippen LogP contribution in [0.15, 0.2) is 36.4 Å². The van der Waals surface area contributed by atoms with Gasteiger partial charge in [-0.2, -0.15) is 0 Å². The Hall–Kier alpha value is -1.70. The van der Waals surface area contributed by atoms with Crippen molar-refractivity contribution in [2.24, 2.45) is 0 Å². The first kappa shape index (κ1) is 21.5. The minimum absolute atomic E-state index is 0.112. The summed E-state index contributed by atoms with van der Waals surface area (Å²) in [6.45, 7) is 16.7. The maximum absolute atomic E-state index is 12.4. The second-order valence-corrected chi connectivity index (χ2v) is 21.5. The van der Waals surface area contributed by atoms with Crippen LogP contribution < -0.4 is 5.19 Å². The van der Waals surface area contributed by atoms with E-state index in [1.165, 1.54) is 34.6 Å². The van der Waals surface area contributed by atoms with Crippen LogP contribution in [0.3, 0.4) is 0 Å². The summed E-state index contributed by atoms with van der Waals surface area (Å²) in [5, 5.41) is 1.38. The van der Waals surface area contributed by atoms with Crippen LogP contribution in [0.2, 0.25) is 44.8 Å². The molecule has 0 amide bonds. The maximum Gasteiger partial charge on any atom is 0.337 e. The highest BCUT2D eigenvalue weighted by atomic mass is 28.3. The fraction of sp³-hybridized carbons (Fsp3) is 0.480. The quantitative estimate of drug-likeness (QED) is 0.437. The third kappa shape index (κ3) is 3.31.